The lowest BCUT2D eigenvalue weighted by molar-refractivity contribution is 0.0965. The maximum absolute atomic E-state index is 12.2. The van der Waals surface area contributed by atoms with E-state index in [0.29, 0.717) is 31.4 Å². The van der Waals surface area contributed by atoms with E-state index < -0.39 is 20.7 Å². The van der Waals surface area contributed by atoms with Crippen molar-refractivity contribution in [2.75, 3.05) is 0 Å². The number of amides is 2. The monoisotopic (exact) mass is 308 g/mol. The number of benzene rings is 1. The van der Waals surface area contributed by atoms with Crippen molar-refractivity contribution in [1.82, 2.24) is 10.0 Å². The summed E-state index contributed by atoms with van der Waals surface area (Å²) in [6, 6.07) is 4.64. The Morgan fingerprint density at radius 1 is 1.38 bits per heavy atom. The Morgan fingerprint density at radius 3 is 2.71 bits per heavy atom. The predicted octanol–water partition coefficient (Wildman–Crippen LogP) is 0.932. The van der Waals surface area contributed by atoms with Crippen LogP contribution in [0.4, 0.5) is 0 Å². The van der Waals surface area contributed by atoms with Crippen LogP contribution in [-0.4, -0.2) is 25.0 Å². The number of nitrogens with one attached hydrogen (secondary N) is 2. The minimum Gasteiger partial charge on any atom is -0.348 e. The van der Waals surface area contributed by atoms with Crippen molar-refractivity contribution in [3.05, 3.63) is 34.9 Å². The van der Waals surface area contributed by atoms with E-state index in [4.69, 9.17) is 0 Å². The molecule has 0 aromatic heterocycles. The van der Waals surface area contributed by atoms with Crippen LogP contribution in [0.5, 0.6) is 0 Å². The van der Waals surface area contributed by atoms with E-state index in [9.17, 15) is 18.0 Å². The zero-order valence-electron chi connectivity index (χ0n) is 11.6. The average molecular weight is 308 g/mol. The molecule has 7 heteroatoms. The molecule has 1 heterocycles. The molecule has 0 bridgehead atoms. The molecule has 1 saturated carbocycles. The highest BCUT2D eigenvalue weighted by Crippen LogP contribution is 2.45. The van der Waals surface area contributed by atoms with Crippen LogP contribution in [0.15, 0.2) is 18.2 Å². The van der Waals surface area contributed by atoms with Gasteiger partial charge in [-0.3, -0.25) is 9.59 Å². The summed E-state index contributed by atoms with van der Waals surface area (Å²) in [5.74, 6) is -0.924. The largest absolute Gasteiger partial charge is 0.348 e. The second-order valence-corrected chi connectivity index (χ2v) is 7.60. The second-order valence-electron chi connectivity index (χ2n) is 5.53. The van der Waals surface area contributed by atoms with Gasteiger partial charge in [0.25, 0.3) is 11.8 Å². The summed E-state index contributed by atoms with van der Waals surface area (Å²) in [5.41, 5.74) is 1.42. The third-order valence-electron chi connectivity index (χ3n) is 4.31. The van der Waals surface area contributed by atoms with Gasteiger partial charge in [-0.25, -0.2) is 13.1 Å². The van der Waals surface area contributed by atoms with Crippen LogP contribution >= 0.6 is 0 Å². The standard InChI is InChI=1S/C14H16N2O4S/c1-2-14(5-6-14)21(19,20)16-12(17)9-3-4-10-8-15-13(18)11(10)7-9/h3-4,7H,2,5-6,8H2,1H3,(H,15,18)(H,16,17). The van der Waals surface area contributed by atoms with E-state index in [2.05, 4.69) is 10.0 Å². The Hall–Kier alpha value is -1.89. The lowest BCUT2D eigenvalue weighted by Crippen LogP contribution is -2.39. The molecule has 2 amide bonds. The molecule has 6 nitrogen and oxygen atoms in total. The zero-order valence-corrected chi connectivity index (χ0v) is 12.4. The summed E-state index contributed by atoms with van der Waals surface area (Å²) in [7, 11) is -3.67. The van der Waals surface area contributed by atoms with E-state index in [1.54, 1.807) is 13.0 Å². The van der Waals surface area contributed by atoms with Gasteiger partial charge < -0.3 is 5.32 Å². The lowest BCUT2D eigenvalue weighted by atomic mass is 10.1. The van der Waals surface area contributed by atoms with Crippen molar-refractivity contribution < 1.29 is 18.0 Å². The van der Waals surface area contributed by atoms with Gasteiger partial charge >= 0.3 is 0 Å². The molecule has 21 heavy (non-hydrogen) atoms. The fraction of sp³-hybridized carbons (Fsp3) is 0.429. The van der Waals surface area contributed by atoms with Crippen LogP contribution in [-0.2, 0) is 16.6 Å². The maximum atomic E-state index is 12.2. The molecule has 0 unspecified atom stereocenters. The molecule has 1 fully saturated rings. The number of carbonyl (C=O) groups is 2. The first kappa shape index (κ1) is 14.1. The number of hydrogen-bond donors (Lipinski definition) is 2. The summed E-state index contributed by atoms with van der Waals surface area (Å²) < 4.78 is 25.8. The molecular weight excluding hydrogens is 292 g/mol. The normalized spacial score (nSPS) is 18.8. The molecule has 0 spiro atoms. The first-order valence-electron chi connectivity index (χ1n) is 6.86. The van der Waals surface area contributed by atoms with E-state index in [1.807, 2.05) is 0 Å². The van der Waals surface area contributed by atoms with Crippen LogP contribution in [0.1, 0.15) is 52.5 Å². The summed E-state index contributed by atoms with van der Waals surface area (Å²) in [6.07, 6.45) is 1.65. The van der Waals surface area contributed by atoms with Crippen molar-refractivity contribution in [3.63, 3.8) is 0 Å². The highest BCUT2D eigenvalue weighted by atomic mass is 32.2. The third-order valence-corrected chi connectivity index (χ3v) is 6.60. The van der Waals surface area contributed by atoms with E-state index in [0.717, 1.165) is 5.56 Å². The maximum Gasteiger partial charge on any atom is 0.264 e. The number of fused-ring (bicyclic) bond motifs is 1. The van der Waals surface area contributed by atoms with Gasteiger partial charge in [-0.15, -0.1) is 0 Å². The van der Waals surface area contributed by atoms with Crippen LogP contribution in [0.3, 0.4) is 0 Å². The second kappa shape index (κ2) is 4.56. The summed E-state index contributed by atoms with van der Waals surface area (Å²) in [6.45, 7) is 2.24. The molecular formula is C14H16N2O4S. The zero-order chi connectivity index (χ0) is 15.3. The third kappa shape index (κ3) is 2.21. The topological polar surface area (TPSA) is 92.3 Å². The predicted molar refractivity (Wildman–Crippen MR) is 76.3 cm³/mol. The van der Waals surface area contributed by atoms with Crippen LogP contribution in [0.25, 0.3) is 0 Å². The van der Waals surface area contributed by atoms with Gasteiger partial charge in [0, 0.05) is 17.7 Å². The molecule has 1 aliphatic carbocycles. The van der Waals surface area contributed by atoms with Gasteiger partial charge in [0.1, 0.15) is 0 Å². The van der Waals surface area contributed by atoms with Crippen LogP contribution in [0, 0.1) is 0 Å². The van der Waals surface area contributed by atoms with Gasteiger partial charge in [-0.2, -0.15) is 0 Å². The van der Waals surface area contributed by atoms with Crippen molar-refractivity contribution in [1.29, 1.82) is 0 Å². The number of hydrogen-bond acceptors (Lipinski definition) is 4. The Labute approximate surface area is 123 Å². The lowest BCUT2D eigenvalue weighted by Gasteiger charge is -2.15. The van der Waals surface area contributed by atoms with E-state index in [-0.39, 0.29) is 11.5 Å². The van der Waals surface area contributed by atoms with Crippen LogP contribution < -0.4 is 10.0 Å². The minimum absolute atomic E-state index is 0.182. The van der Waals surface area contributed by atoms with E-state index >= 15 is 0 Å². The van der Waals surface area contributed by atoms with Crippen molar-refractivity contribution in [2.24, 2.45) is 0 Å². The Bertz CT molecular complexity index is 735. The van der Waals surface area contributed by atoms with Crippen molar-refractivity contribution in [2.45, 2.75) is 37.5 Å². The molecule has 2 aliphatic rings. The molecule has 0 saturated heterocycles. The molecule has 1 aliphatic heterocycles. The Kier molecular flexibility index (Phi) is 3.05. The Balaban J connectivity index is 1.84. The number of rotatable bonds is 4. The van der Waals surface area contributed by atoms with Gasteiger partial charge in [-0.05, 0) is 37.0 Å². The minimum atomic E-state index is -3.67. The molecule has 112 valence electrons. The van der Waals surface area contributed by atoms with Gasteiger partial charge in [-0.1, -0.05) is 13.0 Å². The Morgan fingerprint density at radius 2 is 2.10 bits per heavy atom. The van der Waals surface area contributed by atoms with Gasteiger partial charge in [0.05, 0.1) is 4.75 Å². The molecule has 3 rings (SSSR count). The summed E-state index contributed by atoms with van der Waals surface area (Å²) in [5, 5.41) is 2.65. The van der Waals surface area contributed by atoms with E-state index in [1.165, 1.54) is 12.1 Å². The highest BCUT2D eigenvalue weighted by Gasteiger charge is 2.53. The fourth-order valence-corrected chi connectivity index (χ4v) is 4.19. The molecule has 0 radical (unpaired) electrons. The average Bonchev–Trinajstić information content (AvgIpc) is 3.18. The molecule has 0 atom stereocenters. The number of sulfonamides is 1. The SMILES string of the molecule is CCC1(S(=O)(=O)NC(=O)c2ccc3c(c2)C(=O)NC3)CC1. The van der Waals surface area contributed by atoms with Crippen molar-refractivity contribution >= 4 is 21.8 Å². The smallest absolute Gasteiger partial charge is 0.264 e. The highest BCUT2D eigenvalue weighted by molar-refractivity contribution is 7.91. The summed E-state index contributed by atoms with van der Waals surface area (Å²) >= 11 is 0. The molecule has 2 N–H and O–H groups in total. The fourth-order valence-electron chi connectivity index (χ4n) is 2.59. The summed E-state index contributed by atoms with van der Waals surface area (Å²) in [4.78, 5) is 23.7. The molecule has 1 aromatic carbocycles. The number of carbonyl (C=O) groups excluding carboxylic acids is 2. The quantitative estimate of drug-likeness (QED) is 0.865. The van der Waals surface area contributed by atoms with Gasteiger partial charge in [0.15, 0.2) is 0 Å². The van der Waals surface area contributed by atoms with Gasteiger partial charge in [0.2, 0.25) is 10.0 Å². The first-order valence-corrected chi connectivity index (χ1v) is 8.35. The first-order chi connectivity index (χ1) is 9.88. The van der Waals surface area contributed by atoms with Crippen LogP contribution in [0.2, 0.25) is 0 Å². The molecule has 1 aromatic rings. The van der Waals surface area contributed by atoms with Crippen molar-refractivity contribution in [3.8, 4) is 0 Å².